The van der Waals surface area contributed by atoms with Crippen LogP contribution in [0.15, 0.2) is 42.7 Å². The maximum atomic E-state index is 15.4. The Labute approximate surface area is 246 Å². The Balaban J connectivity index is 1.47. The van der Waals surface area contributed by atoms with E-state index in [0.29, 0.717) is 66.8 Å². The summed E-state index contributed by atoms with van der Waals surface area (Å²) >= 11 is 0. The van der Waals surface area contributed by atoms with Crippen molar-refractivity contribution in [2.24, 2.45) is 0 Å². The molecule has 5 N–H and O–H groups in total. The van der Waals surface area contributed by atoms with Gasteiger partial charge in [0.15, 0.2) is 5.82 Å². The van der Waals surface area contributed by atoms with Crippen LogP contribution >= 0.6 is 0 Å². The number of ether oxygens (including phenoxy) is 1. The first-order valence-corrected chi connectivity index (χ1v) is 13.2. The smallest absolute Gasteiger partial charge is 0.394 e. The second-order valence-electron chi connectivity index (χ2n) is 9.92. The molecule has 2 amide bonds. The normalized spacial score (nSPS) is 15.7. The summed E-state index contributed by atoms with van der Waals surface area (Å²) in [4.78, 5) is 18.5. The number of nitrogens with two attached hydrogens (primary N) is 1. The van der Waals surface area contributed by atoms with E-state index in [0.717, 1.165) is 6.07 Å². The van der Waals surface area contributed by atoms with E-state index in [9.17, 15) is 32.7 Å². The van der Waals surface area contributed by atoms with Crippen LogP contribution in [0.25, 0.3) is 16.6 Å². The number of morpholine rings is 1. The number of rotatable bonds is 7. The molecule has 1 fully saturated rings. The van der Waals surface area contributed by atoms with Gasteiger partial charge < -0.3 is 26.2 Å². The Hall–Kier alpha value is -4.85. The highest BCUT2D eigenvalue weighted by Crippen LogP contribution is 2.38. The number of aliphatic hydroxyl groups is 1. The van der Waals surface area contributed by atoms with Gasteiger partial charge in [0, 0.05) is 25.2 Å². The molecule has 230 valence electrons. The fraction of sp³-hybridized carbons (Fsp3) is 0.286. The molecule has 5 rings (SSSR count). The van der Waals surface area contributed by atoms with Crippen molar-refractivity contribution in [3.05, 3.63) is 71.2 Å². The predicted octanol–water partition coefficient (Wildman–Crippen LogP) is 4.18. The van der Waals surface area contributed by atoms with Crippen LogP contribution in [-0.2, 0) is 23.9 Å². The zero-order valence-corrected chi connectivity index (χ0v) is 22.8. The zero-order chi connectivity index (χ0) is 31.6. The van der Waals surface area contributed by atoms with Crippen LogP contribution in [0.3, 0.4) is 0 Å². The molecule has 0 spiro atoms. The number of anilines is 3. The maximum absolute atomic E-state index is 15.4. The number of nitrogens with one attached hydrogen (secondary N) is 2. The van der Waals surface area contributed by atoms with E-state index in [2.05, 4.69) is 21.5 Å². The molecule has 0 aliphatic carbocycles. The Morgan fingerprint density at radius 1 is 1.16 bits per heavy atom. The van der Waals surface area contributed by atoms with Crippen molar-refractivity contribution in [3.8, 4) is 17.2 Å². The number of nitrogens with zero attached hydrogens (tertiary/aromatic N) is 5. The summed E-state index contributed by atoms with van der Waals surface area (Å²) in [7, 11) is 0. The minimum absolute atomic E-state index is 0.0701. The Bertz CT molecular complexity index is 1750. The first-order chi connectivity index (χ1) is 21.0. The molecule has 0 bridgehead atoms. The Morgan fingerprint density at radius 2 is 1.93 bits per heavy atom. The van der Waals surface area contributed by atoms with Crippen LogP contribution in [-0.4, -0.2) is 63.0 Å². The number of hydrogen-bond donors (Lipinski definition) is 4. The van der Waals surface area contributed by atoms with Gasteiger partial charge in [0.2, 0.25) is 0 Å². The van der Waals surface area contributed by atoms with E-state index in [1.807, 2.05) is 10.2 Å². The first-order valence-electron chi connectivity index (χ1n) is 13.2. The van der Waals surface area contributed by atoms with Gasteiger partial charge in [-0.15, -0.1) is 0 Å². The van der Waals surface area contributed by atoms with Gasteiger partial charge >= 0.3 is 12.2 Å². The Morgan fingerprint density at radius 3 is 2.64 bits per heavy atom. The number of nitriles is 1. The molecule has 2 aromatic carbocycles. The number of aliphatic hydroxyl groups excluding tert-OH is 1. The van der Waals surface area contributed by atoms with Gasteiger partial charge in [0.1, 0.15) is 23.5 Å². The molecule has 44 heavy (non-hydrogen) atoms. The molecule has 1 aliphatic rings. The molecule has 0 radical (unpaired) electrons. The van der Waals surface area contributed by atoms with Crippen LogP contribution in [0.2, 0.25) is 0 Å². The molecule has 4 aromatic rings. The summed E-state index contributed by atoms with van der Waals surface area (Å²) in [6, 6.07) is 6.20. The van der Waals surface area contributed by atoms with Crippen LogP contribution < -0.4 is 16.4 Å². The van der Waals surface area contributed by atoms with Gasteiger partial charge in [-0.3, -0.25) is 4.90 Å². The van der Waals surface area contributed by atoms with Gasteiger partial charge in [-0.25, -0.2) is 23.1 Å². The summed E-state index contributed by atoms with van der Waals surface area (Å²) in [6.45, 7) is 1.51. The highest BCUT2D eigenvalue weighted by atomic mass is 19.4. The van der Waals surface area contributed by atoms with Gasteiger partial charge in [0.05, 0.1) is 54.4 Å². The topological polar surface area (TPSA) is 154 Å². The van der Waals surface area contributed by atoms with E-state index >= 15 is 4.39 Å². The van der Waals surface area contributed by atoms with Crippen molar-refractivity contribution >= 4 is 28.7 Å². The lowest BCUT2D eigenvalue weighted by Gasteiger charge is -2.32. The van der Waals surface area contributed by atoms with E-state index in [1.54, 1.807) is 0 Å². The lowest BCUT2D eigenvalue weighted by molar-refractivity contribution is -0.137. The maximum Gasteiger partial charge on any atom is 0.416 e. The van der Waals surface area contributed by atoms with Gasteiger partial charge in [-0.05, 0) is 41.5 Å². The minimum atomic E-state index is -4.77. The second kappa shape index (κ2) is 12.4. The van der Waals surface area contributed by atoms with Gasteiger partial charge in [-0.1, -0.05) is 6.07 Å². The minimum Gasteiger partial charge on any atom is -0.394 e. The van der Waals surface area contributed by atoms with Crippen molar-refractivity contribution in [2.45, 2.75) is 25.2 Å². The summed E-state index contributed by atoms with van der Waals surface area (Å²) in [5, 5.41) is 27.7. The quantitative estimate of drug-likeness (QED) is 0.226. The Kier molecular flexibility index (Phi) is 8.63. The fourth-order valence-electron chi connectivity index (χ4n) is 5.06. The number of carbonyl (C=O) groups excluding carboxylic acids is 1. The number of hydrogen-bond acceptors (Lipinski definition) is 8. The number of alkyl halides is 3. The van der Waals surface area contributed by atoms with Crippen LogP contribution in [0, 0.1) is 23.0 Å². The van der Waals surface area contributed by atoms with Crippen molar-refractivity contribution < 1.29 is 36.6 Å². The van der Waals surface area contributed by atoms with Crippen LogP contribution in [0.1, 0.15) is 16.8 Å². The number of amides is 2. The lowest BCUT2D eigenvalue weighted by atomic mass is 9.98. The standard InChI is InChI=1S/C28H25F5N8O3/c29-19-3-2-16(28(31,32)33)10-22(19)39-27(43)38-21-4-1-15(9-20(21)30)24-18(5-6-34)23(41-25(24)26(35)36-14-37-41)12-40-7-8-44-17(11-40)13-42/h1-4,9-10,14,17,42H,5,7-8,11-13H2,(H2,35,36,37)(H2,38,39,43). The molecule has 1 saturated heterocycles. The molecule has 11 nitrogen and oxygen atoms in total. The lowest BCUT2D eigenvalue weighted by Crippen LogP contribution is -2.43. The molecule has 1 aliphatic heterocycles. The molecule has 1 atom stereocenters. The average molecular weight is 617 g/mol. The fourth-order valence-corrected chi connectivity index (χ4v) is 5.06. The van der Waals surface area contributed by atoms with Gasteiger partial charge in [0.25, 0.3) is 0 Å². The summed E-state index contributed by atoms with van der Waals surface area (Å²) in [5.41, 5.74) is 6.08. The summed E-state index contributed by atoms with van der Waals surface area (Å²) < 4.78 is 75.5. The molecular formula is C28H25F5N8O3. The van der Waals surface area contributed by atoms with Crippen LogP contribution in [0.4, 0.5) is 43.9 Å². The summed E-state index contributed by atoms with van der Waals surface area (Å²) in [5.74, 6) is -1.98. The predicted molar refractivity (Wildman–Crippen MR) is 148 cm³/mol. The number of benzene rings is 2. The third-order valence-electron chi connectivity index (χ3n) is 7.06. The number of halogens is 5. The molecule has 16 heteroatoms. The van der Waals surface area contributed by atoms with Crippen LogP contribution in [0.5, 0.6) is 0 Å². The average Bonchev–Trinajstić information content (AvgIpc) is 3.28. The number of urea groups is 1. The zero-order valence-electron chi connectivity index (χ0n) is 22.8. The number of aromatic nitrogens is 3. The number of carbonyl (C=O) groups is 1. The van der Waals surface area contributed by atoms with E-state index < -0.39 is 35.1 Å². The monoisotopic (exact) mass is 616 g/mol. The number of fused-ring (bicyclic) bond motifs is 1. The van der Waals surface area contributed by atoms with Crippen molar-refractivity contribution in [1.82, 2.24) is 19.5 Å². The first kappa shape index (κ1) is 30.6. The van der Waals surface area contributed by atoms with E-state index in [1.165, 1.54) is 23.0 Å². The molecule has 1 unspecified atom stereocenters. The highest BCUT2D eigenvalue weighted by molar-refractivity contribution is 6.00. The van der Waals surface area contributed by atoms with Crippen molar-refractivity contribution in [3.63, 3.8) is 0 Å². The second-order valence-corrected chi connectivity index (χ2v) is 9.92. The highest BCUT2D eigenvalue weighted by Gasteiger charge is 2.31. The van der Waals surface area contributed by atoms with Crippen molar-refractivity contribution in [2.75, 3.05) is 42.7 Å². The summed E-state index contributed by atoms with van der Waals surface area (Å²) in [6.07, 6.45) is -3.99. The number of nitrogen functional groups attached to an aromatic ring is 1. The third-order valence-corrected chi connectivity index (χ3v) is 7.06. The molecule has 0 saturated carbocycles. The van der Waals surface area contributed by atoms with E-state index in [4.69, 9.17) is 10.5 Å². The van der Waals surface area contributed by atoms with Crippen molar-refractivity contribution in [1.29, 1.82) is 5.26 Å². The largest absolute Gasteiger partial charge is 0.416 e. The van der Waals surface area contributed by atoms with Gasteiger partial charge in [-0.2, -0.15) is 23.5 Å². The molecular weight excluding hydrogens is 591 g/mol. The third kappa shape index (κ3) is 6.25. The molecule has 3 heterocycles. The van der Waals surface area contributed by atoms with E-state index in [-0.39, 0.29) is 36.2 Å². The SMILES string of the molecule is N#CCc1c(-c2ccc(NC(=O)Nc3cc(C(F)(F)F)ccc3F)c(F)c2)c2c(N)ncnn2c1CN1CCOC(CO)C1. The molecule has 2 aromatic heterocycles.